The number of benzene rings is 1. The molecular weight excluding hydrogens is 306 g/mol. The van der Waals surface area contributed by atoms with Crippen LogP contribution in [0, 0.1) is 13.8 Å². The largest absolute Gasteiger partial charge is 0.392 e. The summed E-state index contributed by atoms with van der Waals surface area (Å²) in [5.41, 5.74) is 2.85. The van der Waals surface area contributed by atoms with E-state index in [-0.39, 0.29) is 24.3 Å². The van der Waals surface area contributed by atoms with Crippen LogP contribution < -0.4 is 10.6 Å². The van der Waals surface area contributed by atoms with Gasteiger partial charge < -0.3 is 15.7 Å². The Labute approximate surface area is 143 Å². The third-order valence-electron chi connectivity index (χ3n) is 4.43. The predicted molar refractivity (Wildman–Crippen MR) is 93.9 cm³/mol. The zero-order valence-corrected chi connectivity index (χ0v) is 14.5. The normalized spacial score (nSPS) is 18.2. The molecule has 0 radical (unpaired) electrons. The van der Waals surface area contributed by atoms with Crippen molar-refractivity contribution >= 4 is 17.5 Å². The van der Waals surface area contributed by atoms with E-state index >= 15 is 0 Å². The number of aliphatic hydroxyl groups is 1. The molecule has 0 aliphatic carbocycles. The van der Waals surface area contributed by atoms with Crippen LogP contribution >= 0.6 is 0 Å². The Morgan fingerprint density at radius 1 is 1.29 bits per heavy atom. The highest BCUT2D eigenvalue weighted by atomic mass is 16.3. The third-order valence-corrected chi connectivity index (χ3v) is 4.43. The van der Waals surface area contributed by atoms with E-state index in [1.807, 2.05) is 32.0 Å². The molecule has 1 saturated heterocycles. The van der Waals surface area contributed by atoms with Gasteiger partial charge in [0.1, 0.15) is 6.42 Å². The lowest BCUT2D eigenvalue weighted by molar-refractivity contribution is -0.126. The molecule has 0 saturated carbocycles. The van der Waals surface area contributed by atoms with Crippen LogP contribution in [0.2, 0.25) is 0 Å². The highest BCUT2D eigenvalue weighted by Gasteiger charge is 2.17. The molecule has 1 atom stereocenters. The van der Waals surface area contributed by atoms with Crippen LogP contribution in [0.4, 0.5) is 5.69 Å². The average Bonchev–Trinajstić information content (AvgIpc) is 2.52. The number of hydrogen-bond donors (Lipinski definition) is 3. The second-order valence-corrected chi connectivity index (χ2v) is 6.42. The van der Waals surface area contributed by atoms with Crippen LogP contribution in [-0.2, 0) is 9.59 Å². The fraction of sp³-hybridized carbons (Fsp3) is 0.556. The molecule has 1 aliphatic heterocycles. The SMILES string of the molecule is Cc1cccc(NC(=O)CC(=O)NCCN2CCCC(O)C2)c1C. The van der Waals surface area contributed by atoms with Gasteiger partial charge in [-0.2, -0.15) is 0 Å². The zero-order valence-electron chi connectivity index (χ0n) is 14.5. The predicted octanol–water partition coefficient (Wildman–Crippen LogP) is 1.20. The maximum Gasteiger partial charge on any atom is 0.233 e. The van der Waals surface area contributed by atoms with Crippen molar-refractivity contribution in [3.8, 4) is 0 Å². The summed E-state index contributed by atoms with van der Waals surface area (Å²) in [7, 11) is 0. The molecule has 2 amide bonds. The summed E-state index contributed by atoms with van der Waals surface area (Å²) < 4.78 is 0. The smallest absolute Gasteiger partial charge is 0.233 e. The number of amides is 2. The number of aryl methyl sites for hydroxylation is 1. The van der Waals surface area contributed by atoms with E-state index < -0.39 is 0 Å². The number of likely N-dealkylation sites (tertiary alicyclic amines) is 1. The van der Waals surface area contributed by atoms with E-state index in [1.165, 1.54) is 0 Å². The van der Waals surface area contributed by atoms with E-state index in [0.29, 0.717) is 19.6 Å². The van der Waals surface area contributed by atoms with Crippen molar-refractivity contribution in [1.82, 2.24) is 10.2 Å². The Hall–Kier alpha value is -1.92. The van der Waals surface area contributed by atoms with Gasteiger partial charge in [-0.15, -0.1) is 0 Å². The molecule has 132 valence electrons. The molecule has 6 nitrogen and oxygen atoms in total. The second kappa shape index (κ2) is 8.80. The molecule has 1 aliphatic rings. The topological polar surface area (TPSA) is 81.7 Å². The molecule has 1 fully saturated rings. The Morgan fingerprint density at radius 3 is 2.83 bits per heavy atom. The van der Waals surface area contributed by atoms with Gasteiger partial charge in [-0.05, 0) is 50.4 Å². The first-order valence-corrected chi connectivity index (χ1v) is 8.49. The minimum atomic E-state index is -0.311. The van der Waals surface area contributed by atoms with Crippen LogP contribution in [0.1, 0.15) is 30.4 Å². The number of nitrogens with zero attached hydrogens (tertiary/aromatic N) is 1. The van der Waals surface area contributed by atoms with Crippen molar-refractivity contribution in [3.05, 3.63) is 29.3 Å². The summed E-state index contributed by atoms with van der Waals surface area (Å²) in [6.45, 7) is 6.71. The summed E-state index contributed by atoms with van der Waals surface area (Å²) in [5.74, 6) is -0.593. The fourth-order valence-electron chi connectivity index (χ4n) is 2.88. The fourth-order valence-corrected chi connectivity index (χ4v) is 2.88. The van der Waals surface area contributed by atoms with Crippen LogP contribution in [0.15, 0.2) is 18.2 Å². The van der Waals surface area contributed by atoms with Gasteiger partial charge in [-0.3, -0.25) is 14.5 Å². The first-order chi connectivity index (χ1) is 11.5. The number of carbonyl (C=O) groups excluding carboxylic acids is 2. The molecule has 24 heavy (non-hydrogen) atoms. The number of β-amino-alcohol motifs (C(OH)–C–C–N with tert-alkyl or cyclic N) is 1. The molecule has 0 aromatic heterocycles. The molecule has 0 spiro atoms. The van der Waals surface area contributed by atoms with Crippen molar-refractivity contribution in [2.45, 2.75) is 39.2 Å². The quantitative estimate of drug-likeness (QED) is 0.684. The number of anilines is 1. The van der Waals surface area contributed by atoms with Crippen molar-refractivity contribution < 1.29 is 14.7 Å². The number of piperidine rings is 1. The van der Waals surface area contributed by atoms with Crippen LogP contribution in [0.25, 0.3) is 0 Å². The van der Waals surface area contributed by atoms with Gasteiger partial charge >= 0.3 is 0 Å². The Kier molecular flexibility index (Phi) is 6.75. The highest BCUT2D eigenvalue weighted by molar-refractivity contribution is 6.03. The maximum absolute atomic E-state index is 12.0. The monoisotopic (exact) mass is 333 g/mol. The molecule has 3 N–H and O–H groups in total. The molecule has 1 unspecified atom stereocenters. The van der Waals surface area contributed by atoms with Gasteiger partial charge in [0, 0.05) is 25.3 Å². The molecule has 1 aromatic carbocycles. The molecule has 1 heterocycles. The lowest BCUT2D eigenvalue weighted by atomic mass is 10.1. The van der Waals surface area contributed by atoms with E-state index in [4.69, 9.17) is 0 Å². The van der Waals surface area contributed by atoms with E-state index in [2.05, 4.69) is 15.5 Å². The molecule has 0 bridgehead atoms. The van der Waals surface area contributed by atoms with Gasteiger partial charge in [0.15, 0.2) is 0 Å². The van der Waals surface area contributed by atoms with Crippen LogP contribution in [0.5, 0.6) is 0 Å². The zero-order chi connectivity index (χ0) is 17.5. The summed E-state index contributed by atoms with van der Waals surface area (Å²) in [6.07, 6.45) is 1.38. The lowest BCUT2D eigenvalue weighted by Gasteiger charge is -2.29. The maximum atomic E-state index is 12.0. The summed E-state index contributed by atoms with van der Waals surface area (Å²) >= 11 is 0. The molecular formula is C18H27N3O3. The summed E-state index contributed by atoms with van der Waals surface area (Å²) in [5, 5.41) is 15.2. The third kappa shape index (κ3) is 5.62. The van der Waals surface area contributed by atoms with E-state index in [9.17, 15) is 14.7 Å². The Morgan fingerprint density at radius 2 is 2.08 bits per heavy atom. The highest BCUT2D eigenvalue weighted by Crippen LogP contribution is 2.18. The number of carbonyl (C=O) groups is 2. The van der Waals surface area contributed by atoms with Crippen molar-refractivity contribution in [2.24, 2.45) is 0 Å². The lowest BCUT2D eigenvalue weighted by Crippen LogP contribution is -2.42. The molecule has 2 rings (SSSR count). The standard InChI is InChI=1S/C18H27N3O3/c1-13-5-3-7-16(14(13)2)20-18(24)11-17(23)19-8-10-21-9-4-6-15(22)12-21/h3,5,7,15,22H,4,6,8-12H2,1-2H3,(H,19,23)(H,20,24). The second-order valence-electron chi connectivity index (χ2n) is 6.42. The van der Waals surface area contributed by atoms with Crippen molar-refractivity contribution in [1.29, 1.82) is 0 Å². The van der Waals surface area contributed by atoms with E-state index in [1.54, 1.807) is 0 Å². The van der Waals surface area contributed by atoms with Crippen molar-refractivity contribution in [3.63, 3.8) is 0 Å². The summed E-state index contributed by atoms with van der Waals surface area (Å²) in [6, 6.07) is 5.69. The van der Waals surface area contributed by atoms with Gasteiger partial charge in [-0.25, -0.2) is 0 Å². The van der Waals surface area contributed by atoms with Gasteiger partial charge in [0.05, 0.1) is 6.10 Å². The molecule has 6 heteroatoms. The average molecular weight is 333 g/mol. The Balaban J connectivity index is 1.70. The number of rotatable bonds is 6. The van der Waals surface area contributed by atoms with Crippen molar-refractivity contribution in [2.75, 3.05) is 31.5 Å². The summed E-state index contributed by atoms with van der Waals surface area (Å²) in [4.78, 5) is 26.0. The van der Waals surface area contributed by atoms with Gasteiger partial charge in [0.2, 0.25) is 11.8 Å². The minimum Gasteiger partial charge on any atom is -0.392 e. The van der Waals surface area contributed by atoms with Crippen LogP contribution in [0.3, 0.4) is 0 Å². The number of aliphatic hydroxyl groups excluding tert-OH is 1. The molecule has 1 aromatic rings. The van der Waals surface area contributed by atoms with E-state index in [0.717, 1.165) is 36.2 Å². The Bertz CT molecular complexity index is 589. The number of hydrogen-bond acceptors (Lipinski definition) is 4. The van der Waals surface area contributed by atoms with Gasteiger partial charge in [0.25, 0.3) is 0 Å². The minimum absolute atomic E-state index is 0.185. The first-order valence-electron chi connectivity index (χ1n) is 8.49. The number of nitrogens with one attached hydrogen (secondary N) is 2. The first kappa shape index (κ1) is 18.4. The van der Waals surface area contributed by atoms with Crippen LogP contribution in [-0.4, -0.2) is 54.1 Å². The van der Waals surface area contributed by atoms with Gasteiger partial charge in [-0.1, -0.05) is 12.1 Å².